The molecule has 0 aliphatic rings. The van der Waals surface area contributed by atoms with Gasteiger partial charge in [0.15, 0.2) is 0 Å². The summed E-state index contributed by atoms with van der Waals surface area (Å²) >= 11 is 6.42. The molecule has 1 aromatic heterocycles. The zero-order chi connectivity index (χ0) is 13.8. The summed E-state index contributed by atoms with van der Waals surface area (Å²) in [6, 6.07) is 11.3. The lowest BCUT2D eigenvalue weighted by atomic mass is 10.1. The molecule has 2 rings (SSSR count). The fraction of sp³-hybridized carbons (Fsp3) is 0.143. The first-order valence-electron chi connectivity index (χ1n) is 5.79. The summed E-state index contributed by atoms with van der Waals surface area (Å²) in [5.41, 5.74) is 7.37. The van der Waals surface area contributed by atoms with Crippen LogP contribution in [-0.4, -0.2) is 10.9 Å². The van der Waals surface area contributed by atoms with Gasteiger partial charge in [-0.1, -0.05) is 30.4 Å². The van der Waals surface area contributed by atoms with E-state index in [0.29, 0.717) is 11.5 Å². The molecule has 1 aromatic carbocycles. The van der Waals surface area contributed by atoms with Gasteiger partial charge in [-0.15, -0.1) is 11.3 Å². The number of rotatable bonds is 4. The van der Waals surface area contributed by atoms with E-state index in [-0.39, 0.29) is 5.91 Å². The largest absolute Gasteiger partial charge is 0.389 e. The first-order valence-corrected chi connectivity index (χ1v) is 7.02. The number of thiophene rings is 1. The van der Waals surface area contributed by atoms with Gasteiger partial charge in [0.25, 0.3) is 5.91 Å². The second-order valence-electron chi connectivity index (χ2n) is 4.16. The van der Waals surface area contributed by atoms with Crippen molar-refractivity contribution < 1.29 is 4.79 Å². The molecule has 0 saturated heterocycles. The minimum Gasteiger partial charge on any atom is -0.389 e. The van der Waals surface area contributed by atoms with Gasteiger partial charge in [-0.25, -0.2) is 0 Å². The van der Waals surface area contributed by atoms with E-state index in [1.165, 1.54) is 11.3 Å². The molecule has 3 N–H and O–H groups in total. The van der Waals surface area contributed by atoms with Crippen LogP contribution in [0.2, 0.25) is 0 Å². The predicted octanol–water partition coefficient (Wildman–Crippen LogP) is 2.62. The van der Waals surface area contributed by atoms with Crippen LogP contribution >= 0.6 is 23.6 Å². The highest BCUT2D eigenvalue weighted by Gasteiger charge is 2.07. The Labute approximate surface area is 121 Å². The molecule has 0 radical (unpaired) electrons. The Morgan fingerprint density at radius 1 is 1.37 bits per heavy atom. The zero-order valence-electron chi connectivity index (χ0n) is 10.5. The first kappa shape index (κ1) is 13.7. The minimum atomic E-state index is -0.0566. The van der Waals surface area contributed by atoms with Gasteiger partial charge in [0.05, 0.1) is 4.88 Å². The predicted molar refractivity (Wildman–Crippen MR) is 82.6 cm³/mol. The van der Waals surface area contributed by atoms with Crippen LogP contribution in [0, 0.1) is 6.92 Å². The SMILES string of the molecule is Cc1ccc(C(=O)NCc2cccc(C(N)=S)c2)s1. The monoisotopic (exact) mass is 290 g/mol. The number of hydrogen-bond donors (Lipinski definition) is 2. The fourth-order valence-electron chi connectivity index (χ4n) is 1.66. The summed E-state index contributed by atoms with van der Waals surface area (Å²) in [7, 11) is 0. The molecule has 1 heterocycles. The fourth-order valence-corrected chi connectivity index (χ4v) is 2.57. The van der Waals surface area contributed by atoms with Crippen LogP contribution in [-0.2, 0) is 6.54 Å². The van der Waals surface area contributed by atoms with Crippen molar-refractivity contribution in [1.82, 2.24) is 5.32 Å². The van der Waals surface area contributed by atoms with Gasteiger partial charge in [-0.3, -0.25) is 4.79 Å². The van der Waals surface area contributed by atoms with Gasteiger partial charge in [0, 0.05) is 17.0 Å². The standard InChI is InChI=1S/C14H14N2OS2/c1-9-5-6-12(19-9)14(17)16-8-10-3-2-4-11(7-10)13(15)18/h2-7H,8H2,1H3,(H2,15,18)(H,16,17). The van der Waals surface area contributed by atoms with Crippen molar-refractivity contribution in [1.29, 1.82) is 0 Å². The summed E-state index contributed by atoms with van der Waals surface area (Å²) < 4.78 is 0. The number of amides is 1. The molecule has 2 aromatic rings. The van der Waals surface area contributed by atoms with Crippen molar-refractivity contribution in [2.24, 2.45) is 5.73 Å². The van der Waals surface area contributed by atoms with Gasteiger partial charge in [0.2, 0.25) is 0 Å². The normalized spacial score (nSPS) is 10.2. The number of carbonyl (C=O) groups excluding carboxylic acids is 1. The van der Waals surface area contributed by atoms with Crippen LogP contribution in [0.4, 0.5) is 0 Å². The van der Waals surface area contributed by atoms with E-state index in [2.05, 4.69) is 5.32 Å². The number of hydrogen-bond acceptors (Lipinski definition) is 3. The highest BCUT2D eigenvalue weighted by molar-refractivity contribution is 7.80. The van der Waals surface area contributed by atoms with Crippen molar-refractivity contribution in [3.05, 3.63) is 57.3 Å². The topological polar surface area (TPSA) is 55.1 Å². The highest BCUT2D eigenvalue weighted by Crippen LogP contribution is 2.15. The van der Waals surface area contributed by atoms with Crippen molar-refractivity contribution >= 4 is 34.5 Å². The molecule has 19 heavy (non-hydrogen) atoms. The average Bonchev–Trinajstić information content (AvgIpc) is 2.83. The molecule has 3 nitrogen and oxygen atoms in total. The van der Waals surface area contributed by atoms with E-state index < -0.39 is 0 Å². The smallest absolute Gasteiger partial charge is 0.261 e. The first-order chi connectivity index (χ1) is 9.06. The van der Waals surface area contributed by atoms with Gasteiger partial charge in [-0.05, 0) is 30.7 Å². The molecule has 0 aliphatic carbocycles. The number of nitrogens with one attached hydrogen (secondary N) is 1. The number of carbonyl (C=O) groups is 1. The Bertz CT molecular complexity index is 619. The van der Waals surface area contributed by atoms with E-state index in [4.69, 9.17) is 18.0 Å². The molecule has 0 spiro atoms. The molecule has 0 atom stereocenters. The van der Waals surface area contributed by atoms with E-state index in [0.717, 1.165) is 20.9 Å². The Morgan fingerprint density at radius 3 is 2.79 bits per heavy atom. The maximum atomic E-state index is 11.9. The number of thiocarbonyl (C=S) groups is 1. The Kier molecular flexibility index (Phi) is 4.29. The third-order valence-corrected chi connectivity index (χ3v) is 3.86. The molecular formula is C14H14N2OS2. The van der Waals surface area contributed by atoms with Crippen LogP contribution in [0.5, 0.6) is 0 Å². The summed E-state index contributed by atoms with van der Waals surface area (Å²) in [6.45, 7) is 2.44. The molecule has 0 aliphatic heterocycles. The quantitative estimate of drug-likeness (QED) is 0.851. The summed E-state index contributed by atoms with van der Waals surface area (Å²) in [4.78, 5) is 14.1. The summed E-state index contributed by atoms with van der Waals surface area (Å²) in [5.74, 6) is -0.0566. The van der Waals surface area contributed by atoms with E-state index in [1.807, 2.05) is 43.3 Å². The second kappa shape index (κ2) is 5.95. The maximum Gasteiger partial charge on any atom is 0.261 e. The molecule has 0 bridgehead atoms. The lowest BCUT2D eigenvalue weighted by Gasteiger charge is -2.05. The molecule has 5 heteroatoms. The molecule has 0 fully saturated rings. The molecular weight excluding hydrogens is 276 g/mol. The van der Waals surface area contributed by atoms with Crippen molar-refractivity contribution in [2.75, 3.05) is 0 Å². The average molecular weight is 290 g/mol. The van der Waals surface area contributed by atoms with Crippen molar-refractivity contribution in [3.63, 3.8) is 0 Å². The molecule has 1 amide bonds. The minimum absolute atomic E-state index is 0.0566. The highest BCUT2D eigenvalue weighted by atomic mass is 32.1. The van der Waals surface area contributed by atoms with Crippen LogP contribution in [0.3, 0.4) is 0 Å². The van der Waals surface area contributed by atoms with Crippen molar-refractivity contribution in [3.8, 4) is 0 Å². The molecule has 98 valence electrons. The Hall–Kier alpha value is -1.72. The van der Waals surface area contributed by atoms with Crippen LogP contribution in [0.1, 0.15) is 25.7 Å². The number of nitrogens with two attached hydrogens (primary N) is 1. The second-order valence-corrected chi connectivity index (χ2v) is 5.89. The molecule has 0 saturated carbocycles. The Morgan fingerprint density at radius 2 is 2.16 bits per heavy atom. The van der Waals surface area contributed by atoms with Crippen LogP contribution in [0.15, 0.2) is 36.4 Å². The lowest BCUT2D eigenvalue weighted by molar-refractivity contribution is 0.0955. The molecule has 0 unspecified atom stereocenters. The summed E-state index contributed by atoms with van der Waals surface area (Å²) in [6.07, 6.45) is 0. The zero-order valence-corrected chi connectivity index (χ0v) is 12.1. The van der Waals surface area contributed by atoms with Crippen LogP contribution < -0.4 is 11.1 Å². The third kappa shape index (κ3) is 3.62. The Balaban J connectivity index is 2.01. The third-order valence-electron chi connectivity index (χ3n) is 2.63. The number of benzene rings is 1. The van der Waals surface area contributed by atoms with Gasteiger partial charge in [0.1, 0.15) is 4.99 Å². The van der Waals surface area contributed by atoms with E-state index >= 15 is 0 Å². The maximum absolute atomic E-state index is 11.9. The van der Waals surface area contributed by atoms with E-state index in [1.54, 1.807) is 0 Å². The van der Waals surface area contributed by atoms with Gasteiger partial charge >= 0.3 is 0 Å². The summed E-state index contributed by atoms with van der Waals surface area (Å²) in [5, 5.41) is 2.88. The number of aryl methyl sites for hydroxylation is 1. The lowest BCUT2D eigenvalue weighted by Crippen LogP contribution is -2.22. The van der Waals surface area contributed by atoms with Gasteiger partial charge < -0.3 is 11.1 Å². The van der Waals surface area contributed by atoms with Crippen molar-refractivity contribution in [2.45, 2.75) is 13.5 Å². The van der Waals surface area contributed by atoms with E-state index in [9.17, 15) is 4.79 Å². The van der Waals surface area contributed by atoms with Gasteiger partial charge in [-0.2, -0.15) is 0 Å². The van der Waals surface area contributed by atoms with Crippen LogP contribution in [0.25, 0.3) is 0 Å².